The molecule has 72 valence electrons. The topological polar surface area (TPSA) is 31.0 Å². The van der Waals surface area contributed by atoms with E-state index in [1.807, 2.05) is 0 Å². The van der Waals surface area contributed by atoms with E-state index in [0.717, 1.165) is 25.6 Å². The van der Waals surface area contributed by atoms with Crippen molar-refractivity contribution in [1.82, 2.24) is 0 Å². The Hall–Kier alpha value is -0.120. The van der Waals surface area contributed by atoms with E-state index in [1.54, 1.807) is 0 Å². The van der Waals surface area contributed by atoms with Crippen molar-refractivity contribution in [2.24, 2.45) is 11.8 Å². The fourth-order valence-electron chi connectivity index (χ4n) is 3.63. The van der Waals surface area contributed by atoms with E-state index in [9.17, 15) is 0 Å². The fraction of sp³-hybridized carbons (Fsp3) is 1.00. The highest BCUT2D eigenvalue weighted by atomic mass is 16.7. The molecule has 0 N–H and O–H groups in total. The summed E-state index contributed by atoms with van der Waals surface area (Å²) in [6.07, 6.45) is 4.63. The number of hydrogen-bond acceptors (Lipinski definition) is 3. The van der Waals surface area contributed by atoms with E-state index in [-0.39, 0.29) is 5.79 Å². The quantitative estimate of drug-likeness (QED) is 0.522. The molecule has 4 fully saturated rings. The number of rotatable bonds is 0. The van der Waals surface area contributed by atoms with E-state index in [0.29, 0.717) is 18.1 Å². The standard InChI is InChI=1S/C10H14O3/c1-2-10(11-3-4-12-10)7-5-8-9(13-8)6(1)7/h6-9H,1-5H2/t6-,7-,8-,9+/m0/s1. The summed E-state index contributed by atoms with van der Waals surface area (Å²) >= 11 is 0. The molecule has 1 spiro atoms. The van der Waals surface area contributed by atoms with Gasteiger partial charge >= 0.3 is 0 Å². The maximum Gasteiger partial charge on any atom is 0.171 e. The van der Waals surface area contributed by atoms with Crippen molar-refractivity contribution in [3.05, 3.63) is 0 Å². The molecular weight excluding hydrogens is 168 g/mol. The van der Waals surface area contributed by atoms with Gasteiger partial charge in [-0.25, -0.2) is 0 Å². The van der Waals surface area contributed by atoms with E-state index in [1.165, 1.54) is 12.8 Å². The summed E-state index contributed by atoms with van der Waals surface area (Å²) in [7, 11) is 0. The fourth-order valence-corrected chi connectivity index (χ4v) is 3.63. The summed E-state index contributed by atoms with van der Waals surface area (Å²) < 4.78 is 17.2. The van der Waals surface area contributed by atoms with E-state index < -0.39 is 0 Å². The monoisotopic (exact) mass is 182 g/mol. The van der Waals surface area contributed by atoms with Gasteiger partial charge in [0, 0.05) is 12.3 Å². The van der Waals surface area contributed by atoms with Crippen LogP contribution in [0.1, 0.15) is 19.3 Å². The van der Waals surface area contributed by atoms with Gasteiger partial charge in [-0.15, -0.1) is 0 Å². The van der Waals surface area contributed by atoms with Crippen molar-refractivity contribution in [2.75, 3.05) is 13.2 Å². The molecule has 0 aromatic carbocycles. The van der Waals surface area contributed by atoms with E-state index >= 15 is 0 Å². The molecule has 2 saturated carbocycles. The third kappa shape index (κ3) is 0.767. The van der Waals surface area contributed by atoms with Gasteiger partial charge in [-0.2, -0.15) is 0 Å². The lowest BCUT2D eigenvalue weighted by Crippen LogP contribution is -2.36. The van der Waals surface area contributed by atoms with Crippen LogP contribution in [0.2, 0.25) is 0 Å². The number of epoxide rings is 1. The molecule has 13 heavy (non-hydrogen) atoms. The smallest absolute Gasteiger partial charge is 0.171 e. The van der Waals surface area contributed by atoms with Gasteiger partial charge in [0.15, 0.2) is 5.79 Å². The van der Waals surface area contributed by atoms with Crippen LogP contribution in [0.25, 0.3) is 0 Å². The molecule has 0 unspecified atom stereocenters. The number of fused-ring (bicyclic) bond motifs is 4. The van der Waals surface area contributed by atoms with Crippen molar-refractivity contribution in [2.45, 2.75) is 37.3 Å². The Labute approximate surface area is 77.3 Å². The summed E-state index contributed by atoms with van der Waals surface area (Å²) in [6, 6.07) is 0. The normalized spacial score (nSPS) is 55.4. The molecule has 4 aliphatic rings. The first-order valence-electron chi connectivity index (χ1n) is 5.32. The highest BCUT2D eigenvalue weighted by molar-refractivity contribution is 5.10. The van der Waals surface area contributed by atoms with Crippen molar-refractivity contribution < 1.29 is 14.2 Å². The Balaban J connectivity index is 1.67. The average molecular weight is 182 g/mol. The van der Waals surface area contributed by atoms with Gasteiger partial charge in [0.1, 0.15) is 0 Å². The number of ether oxygens (including phenoxy) is 3. The van der Waals surface area contributed by atoms with Gasteiger partial charge in [-0.3, -0.25) is 0 Å². The highest BCUT2D eigenvalue weighted by Gasteiger charge is 2.66. The molecule has 2 saturated heterocycles. The lowest BCUT2D eigenvalue weighted by molar-refractivity contribution is -0.187. The van der Waals surface area contributed by atoms with Gasteiger partial charge < -0.3 is 14.2 Å². The van der Waals surface area contributed by atoms with Crippen LogP contribution in [0, 0.1) is 11.8 Å². The van der Waals surface area contributed by atoms with Crippen LogP contribution in [-0.2, 0) is 14.2 Å². The Morgan fingerprint density at radius 3 is 2.85 bits per heavy atom. The first-order valence-corrected chi connectivity index (χ1v) is 5.32. The molecule has 0 radical (unpaired) electrons. The second-order valence-electron chi connectivity index (χ2n) is 4.69. The zero-order valence-corrected chi connectivity index (χ0v) is 7.57. The molecule has 4 rings (SSSR count). The Morgan fingerprint density at radius 1 is 1.15 bits per heavy atom. The molecule has 0 amide bonds. The Bertz CT molecular complexity index is 247. The Kier molecular flexibility index (Phi) is 1.16. The lowest BCUT2D eigenvalue weighted by atomic mass is 9.95. The molecule has 2 heterocycles. The van der Waals surface area contributed by atoms with Crippen molar-refractivity contribution >= 4 is 0 Å². The third-order valence-corrected chi connectivity index (χ3v) is 4.21. The first-order chi connectivity index (χ1) is 6.39. The van der Waals surface area contributed by atoms with Crippen LogP contribution < -0.4 is 0 Å². The van der Waals surface area contributed by atoms with Crippen LogP contribution in [0.15, 0.2) is 0 Å². The predicted molar refractivity (Wildman–Crippen MR) is 44.1 cm³/mol. The van der Waals surface area contributed by atoms with Gasteiger partial charge in [0.2, 0.25) is 0 Å². The largest absolute Gasteiger partial charge is 0.369 e. The van der Waals surface area contributed by atoms with E-state index in [2.05, 4.69) is 0 Å². The van der Waals surface area contributed by atoms with Crippen LogP contribution in [0.5, 0.6) is 0 Å². The predicted octanol–water partition coefficient (Wildman–Crippen LogP) is 0.927. The summed E-state index contributed by atoms with van der Waals surface area (Å²) in [5.74, 6) is 1.20. The molecule has 2 aliphatic carbocycles. The maximum absolute atomic E-state index is 5.81. The van der Waals surface area contributed by atoms with Crippen molar-refractivity contribution in [1.29, 1.82) is 0 Å². The van der Waals surface area contributed by atoms with Gasteiger partial charge in [0.05, 0.1) is 25.4 Å². The zero-order valence-electron chi connectivity index (χ0n) is 7.57. The van der Waals surface area contributed by atoms with Gasteiger partial charge in [-0.05, 0) is 18.8 Å². The summed E-state index contributed by atoms with van der Waals surface area (Å²) in [4.78, 5) is 0. The summed E-state index contributed by atoms with van der Waals surface area (Å²) in [5, 5.41) is 0. The number of hydrogen-bond donors (Lipinski definition) is 0. The molecule has 0 aromatic rings. The minimum absolute atomic E-state index is 0.179. The molecule has 4 atom stereocenters. The molecule has 0 aromatic heterocycles. The summed E-state index contributed by atoms with van der Waals surface area (Å²) in [6.45, 7) is 1.58. The molecule has 2 aliphatic heterocycles. The molecular formula is C10H14O3. The molecule has 3 heteroatoms. The first kappa shape index (κ1) is 7.21. The SMILES string of the molecule is C1COC2(CC[C@@H]3[C@H]4O[C@H]4C[C@@H]32)O1. The molecule has 3 nitrogen and oxygen atoms in total. The minimum atomic E-state index is -0.179. The third-order valence-electron chi connectivity index (χ3n) is 4.21. The van der Waals surface area contributed by atoms with Gasteiger partial charge in [0.25, 0.3) is 0 Å². The molecule has 0 bridgehead atoms. The summed E-state index contributed by atoms with van der Waals surface area (Å²) in [5.41, 5.74) is 0. The average Bonchev–Trinajstić information content (AvgIpc) is 2.58. The van der Waals surface area contributed by atoms with Gasteiger partial charge in [-0.1, -0.05) is 0 Å². The minimum Gasteiger partial charge on any atom is -0.369 e. The van der Waals surface area contributed by atoms with Crippen molar-refractivity contribution in [3.63, 3.8) is 0 Å². The van der Waals surface area contributed by atoms with Crippen LogP contribution in [-0.4, -0.2) is 31.2 Å². The lowest BCUT2D eigenvalue weighted by Gasteiger charge is -2.29. The highest BCUT2D eigenvalue weighted by Crippen LogP contribution is 2.59. The van der Waals surface area contributed by atoms with Crippen molar-refractivity contribution in [3.8, 4) is 0 Å². The van der Waals surface area contributed by atoms with Crippen LogP contribution in [0.4, 0.5) is 0 Å². The Morgan fingerprint density at radius 2 is 2.00 bits per heavy atom. The second kappa shape index (κ2) is 2.10. The van der Waals surface area contributed by atoms with Crippen LogP contribution in [0.3, 0.4) is 0 Å². The zero-order chi connectivity index (χ0) is 8.47. The van der Waals surface area contributed by atoms with Crippen LogP contribution >= 0.6 is 0 Å². The maximum atomic E-state index is 5.81. The second-order valence-corrected chi connectivity index (χ2v) is 4.69. The van der Waals surface area contributed by atoms with E-state index in [4.69, 9.17) is 14.2 Å².